The van der Waals surface area contributed by atoms with Gasteiger partial charge in [0.15, 0.2) is 5.43 Å². The summed E-state index contributed by atoms with van der Waals surface area (Å²) in [6, 6.07) is 16.0. The molecule has 1 atom stereocenters. The highest BCUT2D eigenvalue weighted by Gasteiger charge is 2.42. The van der Waals surface area contributed by atoms with E-state index in [1.807, 2.05) is 24.3 Å². The van der Waals surface area contributed by atoms with Gasteiger partial charge in [0.25, 0.3) is 5.91 Å². The van der Waals surface area contributed by atoms with E-state index in [0.29, 0.717) is 18.5 Å². The second-order valence-corrected chi connectivity index (χ2v) is 7.87. The zero-order valence-corrected chi connectivity index (χ0v) is 17.7. The zero-order chi connectivity index (χ0) is 23.1. The van der Waals surface area contributed by atoms with Gasteiger partial charge in [-0.25, -0.2) is 8.78 Å². The summed E-state index contributed by atoms with van der Waals surface area (Å²) < 4.78 is 38.4. The van der Waals surface area contributed by atoms with Gasteiger partial charge >= 0.3 is 0 Å². The van der Waals surface area contributed by atoms with Crippen LogP contribution in [0.25, 0.3) is 11.0 Å². The molecule has 1 aliphatic rings. The maximum atomic E-state index is 13.8. The first-order chi connectivity index (χ1) is 16.0. The number of methoxy groups -OCH3 is 1. The molecule has 5 nitrogen and oxygen atoms in total. The van der Waals surface area contributed by atoms with Crippen molar-refractivity contribution in [1.82, 2.24) is 4.90 Å². The lowest BCUT2D eigenvalue weighted by Gasteiger charge is -2.25. The molecule has 0 unspecified atom stereocenters. The molecule has 4 aromatic rings. The number of benzene rings is 3. The molecule has 0 radical (unpaired) electrons. The van der Waals surface area contributed by atoms with Crippen molar-refractivity contribution in [2.24, 2.45) is 0 Å². The summed E-state index contributed by atoms with van der Waals surface area (Å²) in [4.78, 5) is 28.3. The Morgan fingerprint density at radius 1 is 0.939 bits per heavy atom. The Hall–Kier alpha value is -4.00. The van der Waals surface area contributed by atoms with E-state index in [2.05, 4.69) is 0 Å². The first-order valence-electron chi connectivity index (χ1n) is 10.4. The third-order valence-electron chi connectivity index (χ3n) is 5.91. The smallest absolute Gasteiger partial charge is 0.290 e. The van der Waals surface area contributed by atoms with Crippen LogP contribution in [0.2, 0.25) is 0 Å². The highest BCUT2D eigenvalue weighted by Crippen LogP contribution is 2.38. The van der Waals surface area contributed by atoms with Gasteiger partial charge in [0.05, 0.1) is 24.1 Å². The average molecular weight is 447 g/mol. The van der Waals surface area contributed by atoms with Crippen molar-refractivity contribution in [3.63, 3.8) is 0 Å². The highest BCUT2D eigenvalue weighted by atomic mass is 19.1. The Balaban J connectivity index is 1.60. The number of nitrogens with zero attached hydrogens (tertiary/aromatic N) is 1. The van der Waals surface area contributed by atoms with Crippen LogP contribution < -0.4 is 10.2 Å². The zero-order valence-electron chi connectivity index (χ0n) is 17.7. The minimum atomic E-state index is -0.768. The lowest BCUT2D eigenvalue weighted by Crippen LogP contribution is -2.31. The number of carbonyl (C=O) groups is 1. The fourth-order valence-electron chi connectivity index (χ4n) is 4.26. The molecule has 0 saturated heterocycles. The third kappa shape index (κ3) is 3.65. The van der Waals surface area contributed by atoms with Gasteiger partial charge in [-0.1, -0.05) is 24.3 Å². The Kier molecular flexibility index (Phi) is 5.17. The number of amides is 1. The van der Waals surface area contributed by atoms with Crippen molar-refractivity contribution in [3.8, 4) is 5.75 Å². The SMILES string of the molecule is COc1ccc(CCN2C(=O)c3oc4ccc(F)cc4c(=O)c3[C@H]2c2ccc(F)cc2)cc1. The Bertz CT molecular complexity index is 1410. The van der Waals surface area contributed by atoms with Crippen molar-refractivity contribution in [3.05, 3.63) is 111 Å². The molecular formula is C26H19F2NO4. The maximum Gasteiger partial charge on any atom is 0.290 e. The van der Waals surface area contributed by atoms with Crippen LogP contribution in [0.3, 0.4) is 0 Å². The minimum absolute atomic E-state index is 0.0608. The van der Waals surface area contributed by atoms with E-state index in [1.165, 1.54) is 36.4 Å². The molecule has 0 N–H and O–H groups in total. The van der Waals surface area contributed by atoms with Gasteiger partial charge in [0.1, 0.15) is 23.0 Å². The molecule has 0 bridgehead atoms. The summed E-state index contributed by atoms with van der Waals surface area (Å²) in [6.07, 6.45) is 0.518. The number of hydrogen-bond donors (Lipinski definition) is 0. The predicted octanol–water partition coefficient (Wildman–Crippen LogP) is 4.87. The number of hydrogen-bond acceptors (Lipinski definition) is 4. The molecule has 7 heteroatoms. The van der Waals surface area contributed by atoms with E-state index >= 15 is 0 Å². The van der Waals surface area contributed by atoms with Gasteiger partial charge < -0.3 is 14.1 Å². The van der Waals surface area contributed by atoms with Crippen LogP contribution in [0.15, 0.2) is 75.9 Å². The van der Waals surface area contributed by atoms with Crippen LogP contribution in [-0.4, -0.2) is 24.5 Å². The topological polar surface area (TPSA) is 59.8 Å². The lowest BCUT2D eigenvalue weighted by atomic mass is 9.98. The Morgan fingerprint density at radius 2 is 1.64 bits per heavy atom. The van der Waals surface area contributed by atoms with E-state index < -0.39 is 29.0 Å². The van der Waals surface area contributed by atoms with Crippen LogP contribution in [-0.2, 0) is 6.42 Å². The normalized spacial score (nSPS) is 15.2. The molecule has 3 aromatic carbocycles. The molecule has 33 heavy (non-hydrogen) atoms. The number of rotatable bonds is 5. The number of fused-ring (bicyclic) bond motifs is 2. The van der Waals surface area contributed by atoms with Crippen molar-refractivity contribution in [1.29, 1.82) is 0 Å². The summed E-state index contributed by atoms with van der Waals surface area (Å²) in [5.74, 6) is -0.782. The molecule has 166 valence electrons. The number of carbonyl (C=O) groups excluding carboxylic acids is 1. The van der Waals surface area contributed by atoms with Crippen LogP contribution >= 0.6 is 0 Å². The minimum Gasteiger partial charge on any atom is -0.497 e. The predicted molar refractivity (Wildman–Crippen MR) is 118 cm³/mol. The van der Waals surface area contributed by atoms with Crippen LogP contribution in [0.5, 0.6) is 5.75 Å². The van der Waals surface area contributed by atoms with Gasteiger partial charge in [-0.2, -0.15) is 0 Å². The average Bonchev–Trinajstić information content (AvgIpc) is 3.11. The third-order valence-corrected chi connectivity index (χ3v) is 5.91. The number of ether oxygens (including phenoxy) is 1. The van der Waals surface area contributed by atoms with Gasteiger partial charge in [0.2, 0.25) is 5.76 Å². The Labute approximate surface area is 187 Å². The summed E-state index contributed by atoms with van der Waals surface area (Å²) in [6.45, 7) is 0.293. The van der Waals surface area contributed by atoms with Crippen LogP contribution in [0.1, 0.15) is 33.3 Å². The molecule has 2 heterocycles. The summed E-state index contributed by atoms with van der Waals surface area (Å²) in [7, 11) is 1.59. The summed E-state index contributed by atoms with van der Waals surface area (Å²) in [5.41, 5.74) is 1.35. The van der Waals surface area contributed by atoms with E-state index in [1.54, 1.807) is 12.0 Å². The van der Waals surface area contributed by atoms with Gasteiger partial charge in [-0.3, -0.25) is 9.59 Å². The van der Waals surface area contributed by atoms with Gasteiger partial charge in [0, 0.05) is 6.54 Å². The van der Waals surface area contributed by atoms with E-state index in [0.717, 1.165) is 17.4 Å². The second kappa shape index (κ2) is 8.16. The van der Waals surface area contributed by atoms with Crippen molar-refractivity contribution in [2.45, 2.75) is 12.5 Å². The van der Waals surface area contributed by atoms with E-state index in [9.17, 15) is 18.4 Å². The van der Waals surface area contributed by atoms with Crippen molar-refractivity contribution < 1.29 is 22.7 Å². The second-order valence-electron chi connectivity index (χ2n) is 7.87. The number of halogens is 2. The van der Waals surface area contributed by atoms with E-state index in [-0.39, 0.29) is 22.3 Å². The van der Waals surface area contributed by atoms with E-state index in [4.69, 9.17) is 9.15 Å². The largest absolute Gasteiger partial charge is 0.497 e. The molecule has 1 aliphatic heterocycles. The summed E-state index contributed by atoms with van der Waals surface area (Å²) >= 11 is 0. The highest BCUT2D eigenvalue weighted by molar-refractivity contribution is 5.99. The first kappa shape index (κ1) is 20.9. The quantitative estimate of drug-likeness (QED) is 0.438. The Morgan fingerprint density at radius 3 is 2.33 bits per heavy atom. The standard InChI is InChI=1S/C26H19F2NO4/c1-32-19-9-2-15(3-10-19)12-13-29-23(16-4-6-17(27)7-5-16)22-24(30)20-14-18(28)8-11-21(20)33-25(22)26(29)31/h2-11,14,23H,12-13H2,1H3/t23-/m1/s1. The summed E-state index contributed by atoms with van der Waals surface area (Å²) in [5, 5.41) is 0.0608. The maximum absolute atomic E-state index is 13.8. The van der Waals surface area contributed by atoms with Gasteiger partial charge in [-0.15, -0.1) is 0 Å². The monoisotopic (exact) mass is 447 g/mol. The molecule has 0 saturated carbocycles. The fourth-order valence-corrected chi connectivity index (χ4v) is 4.26. The van der Waals surface area contributed by atoms with Crippen molar-refractivity contribution in [2.75, 3.05) is 13.7 Å². The lowest BCUT2D eigenvalue weighted by molar-refractivity contribution is 0.0730. The molecule has 0 fully saturated rings. The first-order valence-corrected chi connectivity index (χ1v) is 10.4. The van der Waals surface area contributed by atoms with Crippen LogP contribution in [0, 0.1) is 11.6 Å². The van der Waals surface area contributed by atoms with Crippen LogP contribution in [0.4, 0.5) is 8.78 Å². The van der Waals surface area contributed by atoms with Crippen molar-refractivity contribution >= 4 is 16.9 Å². The molecule has 1 amide bonds. The fraction of sp³-hybridized carbons (Fsp3) is 0.154. The molecule has 0 spiro atoms. The molecule has 0 aliphatic carbocycles. The molecule has 5 rings (SSSR count). The molecule has 1 aromatic heterocycles. The molecular weight excluding hydrogens is 428 g/mol. The van der Waals surface area contributed by atoms with Gasteiger partial charge in [-0.05, 0) is 60.0 Å².